The van der Waals surface area contributed by atoms with Gasteiger partial charge in [-0.05, 0) is 26.2 Å². The van der Waals surface area contributed by atoms with Gasteiger partial charge in [0.25, 0.3) is 0 Å². The molecule has 2 heteroatoms. The third kappa shape index (κ3) is 7.03. The third-order valence-corrected chi connectivity index (χ3v) is 2.19. The highest BCUT2D eigenvalue weighted by molar-refractivity contribution is 4.74. The molecule has 0 spiro atoms. The van der Waals surface area contributed by atoms with Crippen LogP contribution in [-0.4, -0.2) is 23.9 Å². The molecule has 0 amide bonds. The van der Waals surface area contributed by atoms with E-state index in [1.807, 2.05) is 13.8 Å². The van der Waals surface area contributed by atoms with Gasteiger partial charge in [-0.1, -0.05) is 26.7 Å². The second-order valence-corrected chi connectivity index (χ2v) is 4.23. The molecule has 80 valence electrons. The van der Waals surface area contributed by atoms with Gasteiger partial charge in [0.2, 0.25) is 0 Å². The van der Waals surface area contributed by atoms with Gasteiger partial charge in [0.1, 0.15) is 0 Å². The van der Waals surface area contributed by atoms with E-state index in [1.54, 1.807) is 0 Å². The number of hydrogen-bond acceptors (Lipinski definition) is 2. The second-order valence-electron chi connectivity index (χ2n) is 4.23. The minimum Gasteiger partial charge on any atom is -0.388 e. The summed E-state index contributed by atoms with van der Waals surface area (Å²) in [7, 11) is 0. The van der Waals surface area contributed by atoms with Crippen molar-refractivity contribution in [1.82, 2.24) is 0 Å². The molecule has 0 aliphatic heterocycles. The van der Waals surface area contributed by atoms with Crippen molar-refractivity contribution in [2.75, 3.05) is 13.2 Å². The summed E-state index contributed by atoms with van der Waals surface area (Å²) in [6.07, 6.45) is 3.20. The van der Waals surface area contributed by atoms with E-state index in [4.69, 9.17) is 4.74 Å². The maximum Gasteiger partial charge on any atom is 0.0854 e. The van der Waals surface area contributed by atoms with Crippen molar-refractivity contribution in [3.05, 3.63) is 0 Å². The first-order valence-corrected chi connectivity index (χ1v) is 5.32. The summed E-state index contributed by atoms with van der Waals surface area (Å²) in [4.78, 5) is 0. The maximum atomic E-state index is 9.92. The first kappa shape index (κ1) is 12.9. The fourth-order valence-electron chi connectivity index (χ4n) is 1.73. The zero-order valence-corrected chi connectivity index (χ0v) is 9.47. The third-order valence-electron chi connectivity index (χ3n) is 2.19. The van der Waals surface area contributed by atoms with Crippen LogP contribution in [0.4, 0.5) is 0 Å². The molecule has 0 bridgehead atoms. The molecular formula is C11H24O2. The van der Waals surface area contributed by atoms with E-state index in [9.17, 15) is 5.11 Å². The van der Waals surface area contributed by atoms with Crippen LogP contribution in [0.25, 0.3) is 0 Å². The van der Waals surface area contributed by atoms with E-state index < -0.39 is 5.60 Å². The summed E-state index contributed by atoms with van der Waals surface area (Å²) in [5, 5.41) is 9.92. The Labute approximate surface area is 82.3 Å². The Bertz CT molecular complexity index is 121. The molecule has 0 rings (SSSR count). The smallest absolute Gasteiger partial charge is 0.0854 e. The Morgan fingerprint density at radius 2 is 2.00 bits per heavy atom. The molecule has 0 aromatic heterocycles. The Morgan fingerprint density at radius 3 is 2.46 bits per heavy atom. The Balaban J connectivity index is 3.71. The van der Waals surface area contributed by atoms with Crippen molar-refractivity contribution in [3.63, 3.8) is 0 Å². The number of ether oxygens (including phenoxy) is 1. The van der Waals surface area contributed by atoms with Crippen LogP contribution in [0.3, 0.4) is 0 Å². The fraction of sp³-hybridized carbons (Fsp3) is 1.00. The molecule has 0 fully saturated rings. The molecule has 0 aliphatic rings. The summed E-state index contributed by atoms with van der Waals surface area (Å²) in [6.45, 7) is 9.30. The Hall–Kier alpha value is -0.0800. The summed E-state index contributed by atoms with van der Waals surface area (Å²) < 4.78 is 5.23. The van der Waals surface area contributed by atoms with Crippen LogP contribution in [0.5, 0.6) is 0 Å². The van der Waals surface area contributed by atoms with Crippen LogP contribution in [-0.2, 0) is 4.74 Å². The lowest BCUT2D eigenvalue weighted by molar-refractivity contribution is -0.0444. The molecule has 0 aliphatic carbocycles. The molecule has 2 unspecified atom stereocenters. The lowest BCUT2D eigenvalue weighted by atomic mass is 9.91. The van der Waals surface area contributed by atoms with Crippen LogP contribution >= 0.6 is 0 Å². The van der Waals surface area contributed by atoms with Crippen molar-refractivity contribution < 1.29 is 9.84 Å². The predicted molar refractivity (Wildman–Crippen MR) is 55.8 cm³/mol. The average molecular weight is 188 g/mol. The van der Waals surface area contributed by atoms with Gasteiger partial charge in [-0.25, -0.2) is 0 Å². The van der Waals surface area contributed by atoms with Crippen LogP contribution in [0, 0.1) is 5.92 Å². The van der Waals surface area contributed by atoms with Gasteiger partial charge in [0.15, 0.2) is 0 Å². The standard InChI is InChI=1S/C11H24O2/c1-5-7-10(3)8-11(4,12)9-13-6-2/h10,12H,5-9H2,1-4H3. The molecule has 0 saturated heterocycles. The van der Waals surface area contributed by atoms with Gasteiger partial charge in [0, 0.05) is 6.61 Å². The molecule has 0 radical (unpaired) electrons. The summed E-state index contributed by atoms with van der Waals surface area (Å²) in [6, 6.07) is 0. The highest BCUT2D eigenvalue weighted by Gasteiger charge is 2.22. The lowest BCUT2D eigenvalue weighted by Gasteiger charge is -2.26. The minimum absolute atomic E-state index is 0.456. The average Bonchev–Trinajstić information content (AvgIpc) is 2.00. The van der Waals surface area contributed by atoms with Crippen LogP contribution in [0.1, 0.15) is 47.0 Å². The normalized spacial score (nSPS) is 18.2. The second kappa shape index (κ2) is 6.39. The largest absolute Gasteiger partial charge is 0.388 e. The molecule has 0 saturated carbocycles. The highest BCUT2D eigenvalue weighted by atomic mass is 16.5. The highest BCUT2D eigenvalue weighted by Crippen LogP contribution is 2.20. The van der Waals surface area contributed by atoms with Crippen molar-refractivity contribution in [2.24, 2.45) is 5.92 Å². The van der Waals surface area contributed by atoms with E-state index in [0.717, 1.165) is 6.42 Å². The van der Waals surface area contributed by atoms with Crippen LogP contribution in [0.2, 0.25) is 0 Å². The van der Waals surface area contributed by atoms with Gasteiger partial charge in [-0.2, -0.15) is 0 Å². The van der Waals surface area contributed by atoms with Gasteiger partial charge < -0.3 is 9.84 Å². The van der Waals surface area contributed by atoms with Crippen molar-refractivity contribution in [1.29, 1.82) is 0 Å². The fourth-order valence-corrected chi connectivity index (χ4v) is 1.73. The number of aliphatic hydroxyl groups is 1. The van der Waals surface area contributed by atoms with Gasteiger partial charge in [-0.15, -0.1) is 0 Å². The van der Waals surface area contributed by atoms with Crippen LogP contribution < -0.4 is 0 Å². The quantitative estimate of drug-likeness (QED) is 0.665. The van der Waals surface area contributed by atoms with Gasteiger partial charge in [-0.3, -0.25) is 0 Å². The van der Waals surface area contributed by atoms with Gasteiger partial charge in [0.05, 0.1) is 12.2 Å². The van der Waals surface area contributed by atoms with E-state index in [0.29, 0.717) is 19.1 Å². The summed E-state index contributed by atoms with van der Waals surface area (Å²) in [5.41, 5.74) is -0.648. The SMILES string of the molecule is CCCC(C)CC(C)(O)COCC. The molecule has 2 nitrogen and oxygen atoms in total. The van der Waals surface area contributed by atoms with Crippen molar-refractivity contribution in [2.45, 2.75) is 52.6 Å². The lowest BCUT2D eigenvalue weighted by Crippen LogP contribution is -2.32. The molecule has 0 heterocycles. The van der Waals surface area contributed by atoms with Crippen LogP contribution in [0.15, 0.2) is 0 Å². The van der Waals surface area contributed by atoms with E-state index >= 15 is 0 Å². The zero-order valence-electron chi connectivity index (χ0n) is 9.47. The minimum atomic E-state index is -0.648. The first-order chi connectivity index (χ1) is 6.02. The summed E-state index contributed by atoms with van der Waals surface area (Å²) >= 11 is 0. The van der Waals surface area contributed by atoms with Crippen molar-refractivity contribution >= 4 is 0 Å². The van der Waals surface area contributed by atoms with E-state index in [2.05, 4.69) is 13.8 Å². The molecular weight excluding hydrogens is 164 g/mol. The summed E-state index contributed by atoms with van der Waals surface area (Å²) in [5.74, 6) is 0.584. The molecule has 1 N–H and O–H groups in total. The first-order valence-electron chi connectivity index (χ1n) is 5.32. The Kier molecular flexibility index (Phi) is 6.35. The monoisotopic (exact) mass is 188 g/mol. The topological polar surface area (TPSA) is 29.5 Å². The molecule has 0 aromatic carbocycles. The predicted octanol–water partition coefficient (Wildman–Crippen LogP) is 2.60. The van der Waals surface area contributed by atoms with Crippen molar-refractivity contribution in [3.8, 4) is 0 Å². The molecule has 0 aromatic rings. The number of hydrogen-bond donors (Lipinski definition) is 1. The Morgan fingerprint density at radius 1 is 1.38 bits per heavy atom. The van der Waals surface area contributed by atoms with Gasteiger partial charge >= 0.3 is 0 Å². The zero-order chi connectivity index (χ0) is 10.3. The number of rotatable bonds is 7. The van der Waals surface area contributed by atoms with E-state index in [1.165, 1.54) is 12.8 Å². The maximum absolute atomic E-state index is 9.92. The molecule has 2 atom stereocenters. The molecule has 13 heavy (non-hydrogen) atoms. The van der Waals surface area contributed by atoms with E-state index in [-0.39, 0.29) is 0 Å².